The standard InChI is InChI=1S/C16H27N3O2/c1-16(6-7-17(2)12-16)15(21)19-10-8-18(9-11-19)14(20)13-4-3-5-13/h13H,3-12H2,1-2H3. The Labute approximate surface area is 127 Å². The van der Waals surface area contributed by atoms with Gasteiger partial charge in [0.2, 0.25) is 11.8 Å². The molecule has 3 aliphatic rings. The Hall–Kier alpha value is -1.10. The number of carbonyl (C=O) groups is 2. The smallest absolute Gasteiger partial charge is 0.229 e. The van der Waals surface area contributed by atoms with Crippen molar-refractivity contribution in [3.63, 3.8) is 0 Å². The van der Waals surface area contributed by atoms with E-state index in [0.29, 0.717) is 32.1 Å². The van der Waals surface area contributed by atoms with E-state index in [-0.39, 0.29) is 17.2 Å². The van der Waals surface area contributed by atoms with Crippen molar-refractivity contribution in [2.24, 2.45) is 11.3 Å². The lowest BCUT2D eigenvalue weighted by Gasteiger charge is -2.40. The maximum absolute atomic E-state index is 12.7. The first-order valence-electron chi connectivity index (χ1n) is 8.26. The Morgan fingerprint density at radius 1 is 1.00 bits per heavy atom. The molecule has 2 heterocycles. The zero-order valence-corrected chi connectivity index (χ0v) is 13.3. The molecule has 0 spiro atoms. The van der Waals surface area contributed by atoms with Crippen LogP contribution in [0.15, 0.2) is 0 Å². The highest BCUT2D eigenvalue weighted by Crippen LogP contribution is 2.32. The lowest BCUT2D eigenvalue weighted by atomic mass is 9.84. The third-order valence-electron chi connectivity index (χ3n) is 5.51. The molecule has 118 valence electrons. The highest BCUT2D eigenvalue weighted by molar-refractivity contribution is 5.84. The molecule has 2 aliphatic heterocycles. The van der Waals surface area contributed by atoms with Crippen LogP contribution in [-0.4, -0.2) is 72.8 Å². The predicted octanol–water partition coefficient (Wildman–Crippen LogP) is 0.799. The number of nitrogens with zero attached hydrogens (tertiary/aromatic N) is 3. The minimum atomic E-state index is -0.227. The van der Waals surface area contributed by atoms with Gasteiger partial charge in [0.1, 0.15) is 0 Å². The molecule has 3 fully saturated rings. The molecule has 21 heavy (non-hydrogen) atoms. The molecule has 2 amide bonds. The van der Waals surface area contributed by atoms with Gasteiger partial charge in [0, 0.05) is 38.6 Å². The van der Waals surface area contributed by atoms with Gasteiger partial charge in [-0.05, 0) is 39.8 Å². The van der Waals surface area contributed by atoms with E-state index in [1.165, 1.54) is 6.42 Å². The first-order chi connectivity index (χ1) is 9.99. The van der Waals surface area contributed by atoms with E-state index < -0.39 is 0 Å². The highest BCUT2D eigenvalue weighted by atomic mass is 16.2. The SMILES string of the molecule is CN1CCC(C)(C(=O)N2CCN(C(=O)C3CCC3)CC2)C1. The fourth-order valence-electron chi connectivity index (χ4n) is 3.79. The fraction of sp³-hybridized carbons (Fsp3) is 0.875. The Morgan fingerprint density at radius 2 is 1.62 bits per heavy atom. The van der Waals surface area contributed by atoms with Crippen molar-refractivity contribution in [2.45, 2.75) is 32.6 Å². The second kappa shape index (κ2) is 5.59. The van der Waals surface area contributed by atoms with E-state index >= 15 is 0 Å². The van der Waals surface area contributed by atoms with Crippen LogP contribution in [0.3, 0.4) is 0 Å². The number of hydrogen-bond donors (Lipinski definition) is 0. The average Bonchev–Trinajstić information content (AvgIpc) is 2.77. The van der Waals surface area contributed by atoms with Gasteiger partial charge < -0.3 is 14.7 Å². The molecule has 1 saturated carbocycles. The second-order valence-electron chi connectivity index (χ2n) is 7.29. The fourth-order valence-corrected chi connectivity index (χ4v) is 3.79. The van der Waals surface area contributed by atoms with E-state index in [0.717, 1.165) is 32.4 Å². The first-order valence-corrected chi connectivity index (χ1v) is 8.26. The van der Waals surface area contributed by atoms with Gasteiger partial charge in [0.25, 0.3) is 0 Å². The van der Waals surface area contributed by atoms with Crippen molar-refractivity contribution in [3.8, 4) is 0 Å². The molecular weight excluding hydrogens is 266 g/mol. The molecule has 1 atom stereocenters. The number of likely N-dealkylation sites (tertiary alicyclic amines) is 1. The Kier molecular flexibility index (Phi) is 3.95. The summed E-state index contributed by atoms with van der Waals surface area (Å²) in [4.78, 5) is 31.2. The minimum Gasteiger partial charge on any atom is -0.339 e. The van der Waals surface area contributed by atoms with Crippen LogP contribution < -0.4 is 0 Å². The summed E-state index contributed by atoms with van der Waals surface area (Å²) in [5, 5.41) is 0. The Bertz CT molecular complexity index is 427. The summed E-state index contributed by atoms with van der Waals surface area (Å²) >= 11 is 0. The van der Waals surface area contributed by atoms with Crippen LogP contribution in [0.4, 0.5) is 0 Å². The lowest BCUT2D eigenvalue weighted by molar-refractivity contribution is -0.148. The van der Waals surface area contributed by atoms with Crippen molar-refractivity contribution in [1.29, 1.82) is 0 Å². The van der Waals surface area contributed by atoms with E-state index in [9.17, 15) is 9.59 Å². The van der Waals surface area contributed by atoms with Crippen molar-refractivity contribution >= 4 is 11.8 Å². The third-order valence-corrected chi connectivity index (χ3v) is 5.51. The molecule has 0 N–H and O–H groups in total. The van der Waals surface area contributed by atoms with E-state index in [4.69, 9.17) is 0 Å². The Morgan fingerprint density at radius 3 is 2.10 bits per heavy atom. The predicted molar refractivity (Wildman–Crippen MR) is 80.7 cm³/mol. The second-order valence-corrected chi connectivity index (χ2v) is 7.29. The van der Waals surface area contributed by atoms with Crippen LogP contribution in [0.2, 0.25) is 0 Å². The normalized spacial score (nSPS) is 31.3. The van der Waals surface area contributed by atoms with Crippen LogP contribution in [0, 0.1) is 11.3 Å². The summed E-state index contributed by atoms with van der Waals surface area (Å²) in [6, 6.07) is 0. The molecule has 0 radical (unpaired) electrons. The largest absolute Gasteiger partial charge is 0.339 e. The van der Waals surface area contributed by atoms with Gasteiger partial charge in [0.05, 0.1) is 5.41 Å². The third kappa shape index (κ3) is 2.80. The molecule has 2 saturated heterocycles. The van der Waals surface area contributed by atoms with Gasteiger partial charge in [-0.2, -0.15) is 0 Å². The van der Waals surface area contributed by atoms with Crippen LogP contribution in [0.1, 0.15) is 32.6 Å². The zero-order chi connectivity index (χ0) is 15.0. The van der Waals surface area contributed by atoms with Crippen molar-refractivity contribution < 1.29 is 9.59 Å². The van der Waals surface area contributed by atoms with Gasteiger partial charge in [-0.25, -0.2) is 0 Å². The van der Waals surface area contributed by atoms with Crippen molar-refractivity contribution in [2.75, 3.05) is 46.3 Å². The van der Waals surface area contributed by atoms with Gasteiger partial charge in [-0.1, -0.05) is 6.42 Å². The number of carbonyl (C=O) groups excluding carboxylic acids is 2. The zero-order valence-electron chi connectivity index (χ0n) is 13.3. The summed E-state index contributed by atoms with van der Waals surface area (Å²) in [5.41, 5.74) is -0.227. The monoisotopic (exact) mass is 293 g/mol. The molecule has 1 unspecified atom stereocenters. The molecule has 3 rings (SSSR count). The summed E-state index contributed by atoms with van der Waals surface area (Å²) < 4.78 is 0. The van der Waals surface area contributed by atoms with Crippen LogP contribution >= 0.6 is 0 Å². The summed E-state index contributed by atoms with van der Waals surface area (Å²) in [7, 11) is 2.08. The number of piperazine rings is 1. The van der Waals surface area contributed by atoms with Crippen LogP contribution in [0.25, 0.3) is 0 Å². The van der Waals surface area contributed by atoms with Gasteiger partial charge in [-0.3, -0.25) is 9.59 Å². The molecule has 0 aromatic carbocycles. The van der Waals surface area contributed by atoms with E-state index in [2.05, 4.69) is 18.9 Å². The molecule has 0 aromatic rings. The molecule has 5 heteroatoms. The quantitative estimate of drug-likeness (QED) is 0.756. The summed E-state index contributed by atoms with van der Waals surface area (Å²) in [5.74, 6) is 0.871. The molecule has 1 aliphatic carbocycles. The molecular formula is C16H27N3O2. The van der Waals surface area contributed by atoms with Gasteiger partial charge in [0.15, 0.2) is 0 Å². The number of amides is 2. The molecule has 0 bridgehead atoms. The summed E-state index contributed by atoms with van der Waals surface area (Å²) in [6.07, 6.45) is 4.26. The Balaban J connectivity index is 1.53. The van der Waals surface area contributed by atoms with Crippen LogP contribution in [-0.2, 0) is 9.59 Å². The lowest BCUT2D eigenvalue weighted by Crippen LogP contribution is -2.55. The maximum atomic E-state index is 12.7. The van der Waals surface area contributed by atoms with Crippen molar-refractivity contribution in [3.05, 3.63) is 0 Å². The maximum Gasteiger partial charge on any atom is 0.229 e. The number of hydrogen-bond acceptors (Lipinski definition) is 3. The average molecular weight is 293 g/mol. The van der Waals surface area contributed by atoms with Crippen LogP contribution in [0.5, 0.6) is 0 Å². The first kappa shape index (κ1) is 14.8. The van der Waals surface area contributed by atoms with E-state index in [1.54, 1.807) is 0 Å². The topological polar surface area (TPSA) is 43.9 Å². The van der Waals surface area contributed by atoms with E-state index in [1.807, 2.05) is 9.80 Å². The molecule has 5 nitrogen and oxygen atoms in total. The summed E-state index contributed by atoms with van der Waals surface area (Å²) in [6.45, 7) is 6.79. The highest BCUT2D eigenvalue weighted by Gasteiger charge is 2.42. The van der Waals surface area contributed by atoms with Gasteiger partial charge in [-0.15, -0.1) is 0 Å². The van der Waals surface area contributed by atoms with Crippen molar-refractivity contribution in [1.82, 2.24) is 14.7 Å². The minimum absolute atomic E-state index is 0.227. The number of rotatable bonds is 2. The van der Waals surface area contributed by atoms with Gasteiger partial charge >= 0.3 is 0 Å². The molecule has 0 aromatic heterocycles.